The minimum Gasteiger partial charge on any atom is -0.351 e. The van der Waals surface area contributed by atoms with Crippen LogP contribution in [-0.2, 0) is 9.59 Å². The summed E-state index contributed by atoms with van der Waals surface area (Å²) in [4.78, 5) is 41.2. The summed E-state index contributed by atoms with van der Waals surface area (Å²) in [6.45, 7) is 3.87. The van der Waals surface area contributed by atoms with Crippen molar-refractivity contribution in [2.75, 3.05) is 0 Å². The molecule has 174 valence electrons. The first kappa shape index (κ1) is 23.1. The van der Waals surface area contributed by atoms with Gasteiger partial charge in [0.25, 0.3) is 5.91 Å². The second kappa shape index (κ2) is 9.06. The van der Waals surface area contributed by atoms with Crippen LogP contribution in [0.5, 0.6) is 0 Å². The number of halogens is 1. The van der Waals surface area contributed by atoms with Gasteiger partial charge in [0, 0.05) is 16.8 Å². The fraction of sp³-hybridized carbons (Fsp3) is 0.500. The van der Waals surface area contributed by atoms with Gasteiger partial charge in [-0.15, -0.1) is 0 Å². The lowest BCUT2D eigenvalue weighted by Gasteiger charge is -2.21. The molecule has 1 aromatic heterocycles. The van der Waals surface area contributed by atoms with E-state index in [1.54, 1.807) is 18.2 Å². The number of carbonyl (C=O) groups excluding carboxylic acids is 3. The number of hydrogen-bond acceptors (Lipinski definition) is 4. The van der Waals surface area contributed by atoms with Gasteiger partial charge in [-0.1, -0.05) is 36.6 Å². The molecule has 1 aliphatic carbocycles. The zero-order chi connectivity index (χ0) is 23.8. The van der Waals surface area contributed by atoms with Gasteiger partial charge in [0.15, 0.2) is 0 Å². The number of aromatic amines is 1. The lowest BCUT2D eigenvalue weighted by Crippen LogP contribution is -2.50. The Morgan fingerprint density at radius 2 is 2.03 bits per heavy atom. The van der Waals surface area contributed by atoms with Crippen molar-refractivity contribution in [1.82, 2.24) is 20.9 Å². The number of nitriles is 1. The zero-order valence-electron chi connectivity index (χ0n) is 18.7. The molecular weight excluding hydrogens is 442 g/mol. The average Bonchev–Trinajstić information content (AvgIpc) is 3.38. The molecule has 2 fully saturated rings. The average molecular weight is 470 g/mol. The Morgan fingerprint density at radius 1 is 1.27 bits per heavy atom. The second-order valence-corrected chi connectivity index (χ2v) is 10.2. The zero-order valence-corrected chi connectivity index (χ0v) is 19.5. The summed E-state index contributed by atoms with van der Waals surface area (Å²) >= 11 is 6.19. The van der Waals surface area contributed by atoms with Crippen LogP contribution in [0.2, 0.25) is 5.02 Å². The minimum absolute atomic E-state index is 0.102. The molecule has 8 nitrogen and oxygen atoms in total. The third-order valence-corrected chi connectivity index (χ3v) is 6.63. The molecule has 0 bridgehead atoms. The van der Waals surface area contributed by atoms with Crippen LogP contribution in [0.3, 0.4) is 0 Å². The number of aromatic nitrogens is 1. The Bertz CT molecular complexity index is 1130. The van der Waals surface area contributed by atoms with Gasteiger partial charge in [-0.05, 0) is 51.2 Å². The lowest BCUT2D eigenvalue weighted by atomic mass is 9.92. The third kappa shape index (κ3) is 5.48. The summed E-state index contributed by atoms with van der Waals surface area (Å²) in [7, 11) is 0. The van der Waals surface area contributed by atoms with Gasteiger partial charge in [-0.2, -0.15) is 5.26 Å². The van der Waals surface area contributed by atoms with Gasteiger partial charge in [-0.25, -0.2) is 0 Å². The van der Waals surface area contributed by atoms with Crippen LogP contribution < -0.4 is 16.0 Å². The molecule has 0 unspecified atom stereocenters. The van der Waals surface area contributed by atoms with Gasteiger partial charge in [0.1, 0.15) is 17.8 Å². The van der Waals surface area contributed by atoms with E-state index in [0.717, 1.165) is 18.2 Å². The highest BCUT2D eigenvalue weighted by Crippen LogP contribution is 2.34. The molecule has 2 aromatic rings. The summed E-state index contributed by atoms with van der Waals surface area (Å²) in [5.74, 6) is -0.880. The maximum Gasteiger partial charge on any atom is 0.268 e. The number of rotatable bonds is 8. The van der Waals surface area contributed by atoms with Gasteiger partial charge >= 0.3 is 0 Å². The van der Waals surface area contributed by atoms with Crippen LogP contribution in [-0.4, -0.2) is 40.3 Å². The van der Waals surface area contributed by atoms with Gasteiger partial charge < -0.3 is 20.9 Å². The van der Waals surface area contributed by atoms with Crippen molar-refractivity contribution in [1.29, 1.82) is 5.26 Å². The Morgan fingerprint density at radius 3 is 2.64 bits per heavy atom. The van der Waals surface area contributed by atoms with Crippen molar-refractivity contribution in [3.63, 3.8) is 0 Å². The van der Waals surface area contributed by atoms with Crippen molar-refractivity contribution in [3.05, 3.63) is 35.0 Å². The summed E-state index contributed by atoms with van der Waals surface area (Å²) in [5.41, 5.74) is 0.653. The predicted molar refractivity (Wildman–Crippen MR) is 124 cm³/mol. The van der Waals surface area contributed by atoms with E-state index in [-0.39, 0.29) is 23.8 Å². The van der Waals surface area contributed by atoms with Crippen LogP contribution in [0.1, 0.15) is 56.4 Å². The quantitative estimate of drug-likeness (QED) is 0.473. The topological polar surface area (TPSA) is 127 Å². The molecule has 2 aliphatic rings. The van der Waals surface area contributed by atoms with E-state index in [2.05, 4.69) is 27.0 Å². The van der Waals surface area contributed by atoms with Crippen LogP contribution >= 0.6 is 11.6 Å². The molecule has 9 heteroatoms. The van der Waals surface area contributed by atoms with Crippen LogP contribution in [0.25, 0.3) is 10.9 Å². The number of para-hydroxylation sites is 1. The van der Waals surface area contributed by atoms with Crippen molar-refractivity contribution in [3.8, 4) is 6.07 Å². The molecule has 0 spiro atoms. The fourth-order valence-electron chi connectivity index (χ4n) is 4.48. The molecule has 33 heavy (non-hydrogen) atoms. The van der Waals surface area contributed by atoms with E-state index in [1.165, 1.54) is 0 Å². The van der Waals surface area contributed by atoms with Crippen LogP contribution in [0.4, 0.5) is 0 Å². The molecule has 1 saturated carbocycles. The van der Waals surface area contributed by atoms with Crippen molar-refractivity contribution < 1.29 is 14.4 Å². The molecule has 1 aliphatic heterocycles. The van der Waals surface area contributed by atoms with Crippen molar-refractivity contribution >= 4 is 40.2 Å². The predicted octanol–water partition coefficient (Wildman–Crippen LogP) is 3.03. The van der Waals surface area contributed by atoms with E-state index in [4.69, 9.17) is 11.6 Å². The summed E-state index contributed by atoms with van der Waals surface area (Å²) in [6.07, 6.45) is 3.38. The molecule has 2 heterocycles. The Hall–Kier alpha value is -3.05. The molecule has 3 atom stereocenters. The first-order valence-corrected chi connectivity index (χ1v) is 11.6. The van der Waals surface area contributed by atoms with Crippen LogP contribution in [0.15, 0.2) is 24.3 Å². The van der Waals surface area contributed by atoms with Crippen LogP contribution in [0, 0.1) is 23.2 Å². The first-order chi connectivity index (χ1) is 15.6. The summed E-state index contributed by atoms with van der Waals surface area (Å²) in [6, 6.07) is 7.60. The van der Waals surface area contributed by atoms with Gasteiger partial charge in [0.2, 0.25) is 11.8 Å². The monoisotopic (exact) mass is 469 g/mol. The maximum absolute atomic E-state index is 13.0. The number of amides is 3. The standard InChI is InChI=1S/C24H28ClN5O3/c1-24(2)11-15(21(31)30-24)9-16(12-26)27-22(32)18(8-13-6-7-13)29-23(33)19-10-14-4-3-5-17(25)20(14)28-19/h3-5,10,13,15-16,18,28H,6-9,11H2,1-2H3,(H,27,32)(H,29,33)(H,30,31)/t15-,16-,18+/m0/s1. The number of carbonyl (C=O) groups is 3. The third-order valence-electron chi connectivity index (χ3n) is 6.32. The highest BCUT2D eigenvalue weighted by molar-refractivity contribution is 6.35. The Balaban J connectivity index is 1.43. The number of nitrogens with one attached hydrogen (secondary N) is 4. The molecule has 4 rings (SSSR count). The number of fused-ring (bicyclic) bond motifs is 1. The van der Waals surface area contributed by atoms with Gasteiger partial charge in [0.05, 0.1) is 16.6 Å². The number of hydrogen-bond donors (Lipinski definition) is 4. The van der Waals surface area contributed by atoms with E-state index >= 15 is 0 Å². The lowest BCUT2D eigenvalue weighted by molar-refractivity contribution is -0.125. The van der Waals surface area contributed by atoms with Gasteiger partial charge in [-0.3, -0.25) is 14.4 Å². The number of benzene rings is 1. The van der Waals surface area contributed by atoms with E-state index < -0.39 is 23.9 Å². The summed E-state index contributed by atoms with van der Waals surface area (Å²) < 4.78 is 0. The maximum atomic E-state index is 13.0. The Labute approximate surface area is 197 Å². The van der Waals surface area contributed by atoms with E-state index in [9.17, 15) is 19.6 Å². The van der Waals surface area contributed by atoms with E-state index in [1.807, 2.05) is 19.9 Å². The smallest absolute Gasteiger partial charge is 0.268 e. The Kier molecular flexibility index (Phi) is 6.35. The SMILES string of the molecule is CC1(C)C[C@H](C[C@@H](C#N)NC(=O)[C@@H](CC2CC2)NC(=O)c2cc3cccc(Cl)c3[nH]2)C(=O)N1. The molecule has 1 saturated heterocycles. The molecule has 0 radical (unpaired) electrons. The normalized spacial score (nSPS) is 21.2. The second-order valence-electron chi connectivity index (χ2n) is 9.79. The molecule has 4 N–H and O–H groups in total. The number of H-pyrrole nitrogens is 1. The largest absolute Gasteiger partial charge is 0.351 e. The number of nitrogens with zero attached hydrogens (tertiary/aromatic N) is 1. The first-order valence-electron chi connectivity index (χ1n) is 11.3. The van der Waals surface area contributed by atoms with E-state index in [0.29, 0.717) is 35.0 Å². The molecular formula is C24H28ClN5O3. The minimum atomic E-state index is -0.812. The highest BCUT2D eigenvalue weighted by Gasteiger charge is 2.39. The molecule has 1 aromatic carbocycles. The summed E-state index contributed by atoms with van der Waals surface area (Å²) in [5, 5.41) is 19.4. The molecule has 3 amide bonds. The van der Waals surface area contributed by atoms with Crippen molar-refractivity contribution in [2.24, 2.45) is 11.8 Å². The highest BCUT2D eigenvalue weighted by atomic mass is 35.5. The fourth-order valence-corrected chi connectivity index (χ4v) is 4.71. The van der Waals surface area contributed by atoms with Crippen molar-refractivity contribution in [2.45, 2.75) is 63.6 Å².